The van der Waals surface area contributed by atoms with E-state index in [9.17, 15) is 9.59 Å². The molecule has 0 saturated carbocycles. The molecule has 0 bridgehead atoms. The molecule has 2 aliphatic rings. The van der Waals surface area contributed by atoms with Gasteiger partial charge in [-0.3, -0.25) is 9.63 Å². The highest BCUT2D eigenvalue weighted by Gasteiger charge is 2.27. The van der Waals surface area contributed by atoms with E-state index in [1.54, 1.807) is 11.9 Å². The third kappa shape index (κ3) is 7.22. The first-order chi connectivity index (χ1) is 15.7. The number of hydroxylamine groups is 2. The van der Waals surface area contributed by atoms with Crippen LogP contribution in [0, 0.1) is 11.8 Å². The molecule has 0 N–H and O–H groups in total. The molecule has 1 aliphatic heterocycles. The number of hydrogen-bond acceptors (Lipinski definition) is 5. The first-order valence-electron chi connectivity index (χ1n) is 11.9. The molecule has 1 fully saturated rings. The molecule has 7 heteroatoms. The van der Waals surface area contributed by atoms with E-state index in [1.165, 1.54) is 23.3 Å². The summed E-state index contributed by atoms with van der Waals surface area (Å²) in [5, 5.41) is 1.32. The fraction of sp³-hybridized carbons (Fsp3) is 0.615. The second-order valence-electron chi connectivity index (χ2n) is 9.97. The Kier molecular flexibility index (Phi) is 8.40. The number of likely N-dealkylation sites (tertiary alicyclic amines) is 1. The zero-order chi connectivity index (χ0) is 24.0. The van der Waals surface area contributed by atoms with Gasteiger partial charge in [0.05, 0.1) is 13.7 Å². The van der Waals surface area contributed by atoms with E-state index >= 15 is 0 Å². The van der Waals surface area contributed by atoms with Crippen molar-refractivity contribution < 1.29 is 23.9 Å². The average Bonchev–Trinajstić information content (AvgIpc) is 2.81. The van der Waals surface area contributed by atoms with Crippen LogP contribution in [0.3, 0.4) is 0 Å². The van der Waals surface area contributed by atoms with Crippen LogP contribution in [-0.2, 0) is 14.4 Å². The summed E-state index contributed by atoms with van der Waals surface area (Å²) in [5.74, 6) is 1.32. The molecule has 1 heterocycles. The zero-order valence-electron chi connectivity index (χ0n) is 20.6. The van der Waals surface area contributed by atoms with Crippen molar-refractivity contribution in [2.45, 2.75) is 58.5 Å². The van der Waals surface area contributed by atoms with Gasteiger partial charge in [-0.25, -0.2) is 9.86 Å². The standard InChI is InChI=1S/C26H38N2O5/c1-26(2,3)33-25(30)28-16-14-19(15-17-28)18-32-23-12-10-21(11-13-23)20-6-8-22(9-7-20)24(29)27(4)31-5/h6,10-13,19,22H,7-9,14-18H2,1-5H3. The van der Waals surface area contributed by atoms with Crippen molar-refractivity contribution in [3.8, 4) is 5.75 Å². The summed E-state index contributed by atoms with van der Waals surface area (Å²) in [6, 6.07) is 8.22. The number of allylic oxidation sites excluding steroid dienone is 2. The van der Waals surface area contributed by atoms with Crippen molar-refractivity contribution in [3.63, 3.8) is 0 Å². The molecule has 7 nitrogen and oxygen atoms in total. The Morgan fingerprint density at radius 3 is 2.30 bits per heavy atom. The van der Waals surface area contributed by atoms with Crippen LogP contribution in [0.15, 0.2) is 30.3 Å². The topological polar surface area (TPSA) is 68.3 Å². The predicted molar refractivity (Wildman–Crippen MR) is 128 cm³/mol. The largest absolute Gasteiger partial charge is 0.493 e. The summed E-state index contributed by atoms with van der Waals surface area (Å²) in [6.45, 7) is 7.74. The van der Waals surface area contributed by atoms with Gasteiger partial charge in [-0.15, -0.1) is 0 Å². The minimum absolute atomic E-state index is 0.0111. The number of nitrogens with zero attached hydrogens (tertiary/aromatic N) is 2. The summed E-state index contributed by atoms with van der Waals surface area (Å²) in [4.78, 5) is 31.3. The van der Waals surface area contributed by atoms with Gasteiger partial charge in [-0.2, -0.15) is 0 Å². The number of benzene rings is 1. The van der Waals surface area contributed by atoms with E-state index in [1.807, 2.05) is 32.9 Å². The summed E-state index contributed by atoms with van der Waals surface area (Å²) in [6.07, 6.45) is 6.23. The van der Waals surface area contributed by atoms with Gasteiger partial charge in [-0.05, 0) is 82.1 Å². The number of hydrogen-bond donors (Lipinski definition) is 0. The Morgan fingerprint density at radius 1 is 1.09 bits per heavy atom. The molecular formula is C26H38N2O5. The van der Waals surface area contributed by atoms with E-state index in [4.69, 9.17) is 14.3 Å². The molecule has 0 radical (unpaired) electrons. The van der Waals surface area contributed by atoms with Crippen molar-refractivity contribution in [3.05, 3.63) is 35.9 Å². The fourth-order valence-corrected chi connectivity index (χ4v) is 4.26. The Labute approximate surface area is 197 Å². The van der Waals surface area contributed by atoms with E-state index in [-0.39, 0.29) is 17.9 Å². The van der Waals surface area contributed by atoms with Crippen LogP contribution in [0.25, 0.3) is 5.57 Å². The normalized spacial score (nSPS) is 19.6. The summed E-state index contributed by atoms with van der Waals surface area (Å²) >= 11 is 0. The zero-order valence-corrected chi connectivity index (χ0v) is 20.6. The molecule has 1 aromatic rings. The lowest BCUT2D eigenvalue weighted by Crippen LogP contribution is -2.42. The minimum Gasteiger partial charge on any atom is -0.493 e. The maximum Gasteiger partial charge on any atom is 0.410 e. The van der Waals surface area contributed by atoms with Gasteiger partial charge in [0.2, 0.25) is 5.91 Å². The lowest BCUT2D eigenvalue weighted by atomic mass is 9.86. The molecule has 1 aromatic carbocycles. The fourth-order valence-electron chi connectivity index (χ4n) is 4.26. The molecule has 33 heavy (non-hydrogen) atoms. The van der Waals surface area contributed by atoms with E-state index < -0.39 is 5.60 Å². The Hall–Kier alpha value is -2.54. The van der Waals surface area contributed by atoms with Gasteiger partial charge in [0.15, 0.2) is 0 Å². The highest BCUT2D eigenvalue weighted by molar-refractivity contribution is 5.79. The van der Waals surface area contributed by atoms with Crippen molar-refractivity contribution in [2.24, 2.45) is 11.8 Å². The van der Waals surface area contributed by atoms with Gasteiger partial charge in [0.25, 0.3) is 0 Å². The molecule has 1 atom stereocenters. The van der Waals surface area contributed by atoms with E-state index in [2.05, 4.69) is 18.2 Å². The second kappa shape index (κ2) is 11.1. The number of piperidine rings is 1. The third-order valence-electron chi connectivity index (χ3n) is 6.32. The second-order valence-corrected chi connectivity index (χ2v) is 9.97. The maximum atomic E-state index is 12.3. The van der Waals surface area contributed by atoms with Gasteiger partial charge in [0, 0.05) is 26.1 Å². The molecule has 2 amide bonds. The van der Waals surface area contributed by atoms with Gasteiger partial charge in [-0.1, -0.05) is 18.2 Å². The molecule has 1 saturated heterocycles. The first kappa shape index (κ1) is 25.1. The van der Waals surface area contributed by atoms with Crippen LogP contribution in [-0.4, -0.2) is 61.4 Å². The molecule has 0 aromatic heterocycles. The SMILES string of the molecule is CON(C)C(=O)C1CC=C(c2ccc(OCC3CCN(C(=O)OC(C)(C)C)CC3)cc2)CC1. The van der Waals surface area contributed by atoms with Crippen LogP contribution in [0.2, 0.25) is 0 Å². The van der Waals surface area contributed by atoms with Crippen LogP contribution in [0.4, 0.5) is 4.79 Å². The van der Waals surface area contributed by atoms with Crippen molar-refractivity contribution >= 4 is 17.6 Å². The van der Waals surface area contributed by atoms with Crippen molar-refractivity contribution in [1.29, 1.82) is 0 Å². The number of carbonyl (C=O) groups excluding carboxylic acids is 2. The number of rotatable bonds is 6. The number of amides is 2. The minimum atomic E-state index is -0.462. The predicted octanol–water partition coefficient (Wildman–Crippen LogP) is 4.92. The smallest absolute Gasteiger partial charge is 0.410 e. The highest BCUT2D eigenvalue weighted by atomic mass is 16.7. The molecular weight excluding hydrogens is 420 g/mol. The lowest BCUT2D eigenvalue weighted by molar-refractivity contribution is -0.173. The van der Waals surface area contributed by atoms with Crippen LogP contribution in [0.1, 0.15) is 58.4 Å². The summed E-state index contributed by atoms with van der Waals surface area (Å²) < 4.78 is 11.5. The number of ether oxygens (including phenoxy) is 2. The first-order valence-corrected chi connectivity index (χ1v) is 11.9. The van der Waals surface area contributed by atoms with Crippen LogP contribution < -0.4 is 4.74 Å². The van der Waals surface area contributed by atoms with Gasteiger partial charge < -0.3 is 14.4 Å². The Balaban J connectivity index is 1.43. The van der Waals surface area contributed by atoms with Gasteiger partial charge in [0.1, 0.15) is 11.4 Å². The molecule has 0 spiro atoms. The van der Waals surface area contributed by atoms with Gasteiger partial charge >= 0.3 is 6.09 Å². The van der Waals surface area contributed by atoms with Crippen molar-refractivity contribution in [1.82, 2.24) is 9.96 Å². The summed E-state index contributed by atoms with van der Waals surface area (Å²) in [7, 11) is 3.17. The van der Waals surface area contributed by atoms with Crippen LogP contribution in [0.5, 0.6) is 5.75 Å². The average molecular weight is 459 g/mol. The maximum absolute atomic E-state index is 12.3. The Bertz CT molecular complexity index is 835. The van der Waals surface area contributed by atoms with E-state index in [0.717, 1.165) is 37.9 Å². The Morgan fingerprint density at radius 2 is 1.76 bits per heavy atom. The number of carbonyl (C=O) groups is 2. The van der Waals surface area contributed by atoms with Crippen molar-refractivity contribution in [2.75, 3.05) is 33.9 Å². The summed E-state index contributed by atoms with van der Waals surface area (Å²) in [5.41, 5.74) is 2.00. The lowest BCUT2D eigenvalue weighted by Gasteiger charge is -2.33. The monoisotopic (exact) mass is 458 g/mol. The van der Waals surface area contributed by atoms with E-state index in [0.29, 0.717) is 25.6 Å². The molecule has 182 valence electrons. The third-order valence-corrected chi connectivity index (χ3v) is 6.32. The molecule has 1 aliphatic carbocycles. The highest BCUT2D eigenvalue weighted by Crippen LogP contribution is 2.32. The van der Waals surface area contributed by atoms with Crippen LogP contribution >= 0.6 is 0 Å². The molecule has 1 unspecified atom stereocenters. The molecule has 3 rings (SSSR count). The quantitative estimate of drug-likeness (QED) is 0.566.